The van der Waals surface area contributed by atoms with Crippen LogP contribution in [0.1, 0.15) is 36.2 Å². The Hall–Kier alpha value is -1.49. The number of hydrogen-bond acceptors (Lipinski definition) is 5. The Morgan fingerprint density at radius 1 is 1.39 bits per heavy atom. The number of carbonyl (C=O) groups excluding carboxylic acids is 1. The average Bonchev–Trinajstić information content (AvgIpc) is 2.45. The molecule has 5 heteroatoms. The smallest absolute Gasteiger partial charge is 0.243 e. The van der Waals surface area contributed by atoms with Crippen molar-refractivity contribution in [3.63, 3.8) is 0 Å². The molecule has 0 atom stereocenters. The van der Waals surface area contributed by atoms with E-state index in [4.69, 9.17) is 4.74 Å². The predicted molar refractivity (Wildman–Crippen MR) is 67.7 cm³/mol. The minimum atomic E-state index is 0.0264. The number of carbonyl (C=O) groups is 1. The number of piperidine rings is 1. The third kappa shape index (κ3) is 3.26. The van der Waals surface area contributed by atoms with Crippen LogP contribution in [0.15, 0.2) is 12.4 Å². The summed E-state index contributed by atoms with van der Waals surface area (Å²) >= 11 is 0. The summed E-state index contributed by atoms with van der Waals surface area (Å²) in [5, 5.41) is 3.33. The van der Waals surface area contributed by atoms with Crippen molar-refractivity contribution in [1.29, 1.82) is 0 Å². The van der Waals surface area contributed by atoms with E-state index in [0.717, 1.165) is 32.4 Å². The number of Topliss-reactive ketones (excluding diaryl/α,β-unsaturated/α-hetero) is 1. The van der Waals surface area contributed by atoms with E-state index in [1.165, 1.54) is 19.5 Å². The first-order valence-electron chi connectivity index (χ1n) is 6.40. The van der Waals surface area contributed by atoms with Gasteiger partial charge in [0.25, 0.3) is 0 Å². The summed E-state index contributed by atoms with van der Waals surface area (Å²) in [5.41, 5.74) is 0.355. The van der Waals surface area contributed by atoms with Crippen molar-refractivity contribution < 1.29 is 9.53 Å². The number of nitrogens with zero attached hydrogens (tertiary/aromatic N) is 2. The van der Waals surface area contributed by atoms with E-state index in [1.54, 1.807) is 0 Å². The van der Waals surface area contributed by atoms with E-state index in [9.17, 15) is 4.79 Å². The maximum Gasteiger partial charge on any atom is 0.243 e. The highest BCUT2D eigenvalue weighted by Crippen LogP contribution is 2.20. The van der Waals surface area contributed by atoms with Gasteiger partial charge >= 0.3 is 0 Å². The van der Waals surface area contributed by atoms with Crippen LogP contribution < -0.4 is 10.1 Å². The van der Waals surface area contributed by atoms with Crippen LogP contribution in [0, 0.1) is 5.92 Å². The molecule has 0 aliphatic carbocycles. The van der Waals surface area contributed by atoms with Crippen LogP contribution in [-0.4, -0.2) is 36.0 Å². The first-order valence-corrected chi connectivity index (χ1v) is 6.40. The number of ether oxygens (including phenoxy) is 1. The minimum Gasteiger partial charge on any atom is -0.479 e. The molecular formula is C13H19N3O2. The lowest BCUT2D eigenvalue weighted by molar-refractivity contribution is 0.0961. The van der Waals surface area contributed by atoms with Crippen LogP contribution in [0.2, 0.25) is 0 Å². The Labute approximate surface area is 107 Å². The molecule has 1 N–H and O–H groups in total. The maximum atomic E-state index is 12.1. The first-order chi connectivity index (χ1) is 8.81. The second-order valence-electron chi connectivity index (χ2n) is 4.57. The van der Waals surface area contributed by atoms with Crippen molar-refractivity contribution in [2.24, 2.45) is 5.92 Å². The van der Waals surface area contributed by atoms with Gasteiger partial charge < -0.3 is 10.1 Å². The Morgan fingerprint density at radius 2 is 2.11 bits per heavy atom. The van der Waals surface area contributed by atoms with Crippen LogP contribution in [0.4, 0.5) is 0 Å². The zero-order chi connectivity index (χ0) is 12.8. The van der Waals surface area contributed by atoms with Gasteiger partial charge in [0, 0.05) is 18.8 Å². The fraction of sp³-hybridized carbons (Fsp3) is 0.615. The lowest BCUT2D eigenvalue weighted by Gasteiger charge is -2.22. The standard InChI is InChI=1S/C13H19N3O2/c1-18-13-12(15-8-9-16-13)11(17)3-2-10-4-6-14-7-5-10/h8-10,14H,2-7H2,1H3. The van der Waals surface area contributed by atoms with Crippen LogP contribution in [-0.2, 0) is 0 Å². The molecule has 2 heterocycles. The van der Waals surface area contributed by atoms with Gasteiger partial charge in [0.05, 0.1) is 7.11 Å². The minimum absolute atomic E-state index is 0.0264. The summed E-state index contributed by atoms with van der Waals surface area (Å²) in [6.45, 7) is 2.13. The SMILES string of the molecule is COc1nccnc1C(=O)CCC1CCNCC1. The number of rotatable bonds is 5. The molecule has 1 saturated heterocycles. The van der Waals surface area contributed by atoms with Crippen LogP contribution >= 0.6 is 0 Å². The highest BCUT2D eigenvalue weighted by molar-refractivity contribution is 5.96. The van der Waals surface area contributed by atoms with Crippen molar-refractivity contribution in [2.75, 3.05) is 20.2 Å². The Balaban J connectivity index is 1.90. The molecule has 18 heavy (non-hydrogen) atoms. The van der Waals surface area contributed by atoms with Gasteiger partial charge in [0.2, 0.25) is 5.88 Å². The van der Waals surface area contributed by atoms with Crippen molar-refractivity contribution in [3.8, 4) is 5.88 Å². The molecule has 0 amide bonds. The Morgan fingerprint density at radius 3 is 2.83 bits per heavy atom. The fourth-order valence-corrected chi connectivity index (χ4v) is 2.29. The zero-order valence-electron chi connectivity index (χ0n) is 10.7. The fourth-order valence-electron chi connectivity index (χ4n) is 2.29. The molecule has 0 radical (unpaired) electrons. The largest absolute Gasteiger partial charge is 0.479 e. The molecule has 1 aliphatic heterocycles. The lowest BCUT2D eigenvalue weighted by atomic mass is 9.92. The normalized spacial score (nSPS) is 16.5. The monoisotopic (exact) mass is 249 g/mol. The molecule has 98 valence electrons. The summed E-state index contributed by atoms with van der Waals surface area (Å²) in [4.78, 5) is 20.1. The number of hydrogen-bond donors (Lipinski definition) is 1. The Bertz CT molecular complexity index is 403. The van der Waals surface area contributed by atoms with Crippen molar-refractivity contribution >= 4 is 5.78 Å². The molecule has 0 bridgehead atoms. The van der Waals surface area contributed by atoms with E-state index < -0.39 is 0 Å². The molecule has 1 aliphatic rings. The molecule has 0 unspecified atom stereocenters. The number of methoxy groups -OCH3 is 1. The average molecular weight is 249 g/mol. The van der Waals surface area contributed by atoms with Crippen molar-refractivity contribution in [3.05, 3.63) is 18.1 Å². The van der Waals surface area contributed by atoms with Gasteiger partial charge in [-0.05, 0) is 38.3 Å². The quantitative estimate of drug-likeness (QED) is 0.800. The molecule has 1 aromatic heterocycles. The number of aromatic nitrogens is 2. The Kier molecular flexibility index (Phi) is 4.64. The summed E-state index contributed by atoms with van der Waals surface area (Å²) in [6, 6.07) is 0. The summed E-state index contributed by atoms with van der Waals surface area (Å²) in [5.74, 6) is 1.00. The van der Waals surface area contributed by atoms with Crippen molar-refractivity contribution in [1.82, 2.24) is 15.3 Å². The topological polar surface area (TPSA) is 64.1 Å². The first kappa shape index (κ1) is 13.0. The lowest BCUT2D eigenvalue weighted by Crippen LogP contribution is -2.28. The van der Waals surface area contributed by atoms with Gasteiger partial charge in [-0.15, -0.1) is 0 Å². The summed E-state index contributed by atoms with van der Waals surface area (Å²) in [6.07, 6.45) is 6.83. The van der Waals surface area contributed by atoms with Gasteiger partial charge in [0.1, 0.15) is 0 Å². The van der Waals surface area contributed by atoms with Crippen LogP contribution in [0.25, 0.3) is 0 Å². The van der Waals surface area contributed by atoms with E-state index in [-0.39, 0.29) is 5.78 Å². The summed E-state index contributed by atoms with van der Waals surface area (Å²) < 4.78 is 5.05. The molecule has 2 rings (SSSR count). The van der Waals surface area contributed by atoms with Gasteiger partial charge in [-0.2, -0.15) is 0 Å². The second-order valence-corrected chi connectivity index (χ2v) is 4.57. The molecule has 0 spiro atoms. The van der Waals surface area contributed by atoms with Gasteiger partial charge in [-0.3, -0.25) is 4.79 Å². The molecule has 5 nitrogen and oxygen atoms in total. The van der Waals surface area contributed by atoms with Crippen molar-refractivity contribution in [2.45, 2.75) is 25.7 Å². The van der Waals surface area contributed by atoms with E-state index in [0.29, 0.717) is 23.9 Å². The van der Waals surface area contributed by atoms with E-state index in [2.05, 4.69) is 15.3 Å². The second kappa shape index (κ2) is 6.44. The maximum absolute atomic E-state index is 12.1. The highest BCUT2D eigenvalue weighted by atomic mass is 16.5. The molecule has 0 aromatic carbocycles. The third-order valence-corrected chi connectivity index (χ3v) is 3.36. The highest BCUT2D eigenvalue weighted by Gasteiger charge is 2.18. The molecule has 1 aromatic rings. The van der Waals surface area contributed by atoms with Gasteiger partial charge in [0.15, 0.2) is 11.5 Å². The number of nitrogens with one attached hydrogen (secondary N) is 1. The molecule has 0 saturated carbocycles. The predicted octanol–water partition coefficient (Wildman–Crippen LogP) is 1.45. The van der Waals surface area contributed by atoms with E-state index in [1.807, 2.05) is 0 Å². The van der Waals surface area contributed by atoms with Gasteiger partial charge in [-0.25, -0.2) is 9.97 Å². The third-order valence-electron chi connectivity index (χ3n) is 3.36. The van der Waals surface area contributed by atoms with Crippen LogP contribution in [0.3, 0.4) is 0 Å². The molecular weight excluding hydrogens is 230 g/mol. The number of ketones is 1. The van der Waals surface area contributed by atoms with Gasteiger partial charge in [-0.1, -0.05) is 0 Å². The van der Waals surface area contributed by atoms with E-state index >= 15 is 0 Å². The van der Waals surface area contributed by atoms with Crippen LogP contribution in [0.5, 0.6) is 5.88 Å². The molecule has 1 fully saturated rings. The summed E-state index contributed by atoms with van der Waals surface area (Å²) in [7, 11) is 1.51. The zero-order valence-corrected chi connectivity index (χ0v) is 10.7.